The number of nitrogens with one attached hydrogen (secondary N) is 2. The Bertz CT molecular complexity index is 2080. The van der Waals surface area contributed by atoms with Crippen molar-refractivity contribution >= 4 is 63.8 Å². The van der Waals surface area contributed by atoms with E-state index in [1.807, 2.05) is 19.1 Å². The highest BCUT2D eigenvalue weighted by Crippen LogP contribution is 2.69. The van der Waals surface area contributed by atoms with Crippen molar-refractivity contribution in [3.05, 3.63) is 103 Å². The van der Waals surface area contributed by atoms with E-state index in [-0.39, 0.29) is 45.4 Å². The number of thiazole rings is 1. The highest BCUT2D eigenvalue weighted by atomic mass is 35.5. The van der Waals surface area contributed by atoms with Gasteiger partial charge in [-0.1, -0.05) is 46.7 Å². The van der Waals surface area contributed by atoms with Gasteiger partial charge in [0, 0.05) is 32.3 Å². The molecule has 2 saturated carbocycles. The molecular formula is C35H27ClF3N3O5S2. The summed E-state index contributed by atoms with van der Waals surface area (Å²) in [5.41, 5.74) is 1.28. The molecule has 7 atom stereocenters. The monoisotopic (exact) mass is 725 g/mol. The number of thioether (sulfide) groups is 1. The van der Waals surface area contributed by atoms with Gasteiger partial charge in [-0.3, -0.25) is 24.1 Å². The average Bonchev–Trinajstić information content (AvgIpc) is 3.79. The van der Waals surface area contributed by atoms with Crippen LogP contribution in [0, 0.1) is 36.5 Å². The van der Waals surface area contributed by atoms with Crippen molar-refractivity contribution in [2.75, 3.05) is 16.8 Å². The minimum Gasteiger partial charge on any atom is -0.483 e. The van der Waals surface area contributed by atoms with Crippen LogP contribution in [0.25, 0.3) is 0 Å². The Balaban J connectivity index is 1.11. The van der Waals surface area contributed by atoms with Gasteiger partial charge in [0.05, 0.1) is 28.1 Å². The molecule has 4 aliphatic rings. The van der Waals surface area contributed by atoms with Gasteiger partial charge >= 0.3 is 11.0 Å². The summed E-state index contributed by atoms with van der Waals surface area (Å²) in [4.78, 5) is 58.4. The molecule has 2 bridgehead atoms. The first kappa shape index (κ1) is 32.2. The van der Waals surface area contributed by atoms with Gasteiger partial charge in [0.2, 0.25) is 11.8 Å². The number of fused-ring (bicyclic) bond motifs is 9. The number of imide groups is 1. The zero-order valence-corrected chi connectivity index (χ0v) is 28.0. The first-order chi connectivity index (χ1) is 23.4. The fourth-order valence-electron chi connectivity index (χ4n) is 8.32. The van der Waals surface area contributed by atoms with Crippen molar-refractivity contribution in [2.45, 2.75) is 35.7 Å². The molecule has 49 heavy (non-hydrogen) atoms. The SMILES string of the molecule is Cc1ccc(N2C(=O)C3C(C2=O)[C@@H]2C[C@H]3C3Sc4[nH]c(=O)sc4[C@H](c4cc(Cl)ccc4OCC(=O)Nc4cccc(C(F)(F)F)c4)C32)cc1. The Morgan fingerprint density at radius 2 is 1.76 bits per heavy atom. The number of alkyl halides is 3. The van der Waals surface area contributed by atoms with Crippen LogP contribution in [0.3, 0.4) is 0 Å². The standard InChI is InChI=1S/C35H27ClF3N3O5S2/c1-15-5-8-19(9-6-15)42-32(44)27-21-13-22(28(27)33(42)45)29-26(21)25(30-31(48-29)41-34(46)49-30)20-12-17(36)7-10-23(20)47-14-24(43)40-18-4-2-3-16(11-18)35(37,38)39/h2-12,21-22,25-29H,13-14H2,1H3,(H,40,43)(H,41,46)/t21-,22-,25-,26?,27?,28?,29?/m1/s1. The Morgan fingerprint density at radius 3 is 2.49 bits per heavy atom. The van der Waals surface area contributed by atoms with Crippen LogP contribution < -0.4 is 19.8 Å². The van der Waals surface area contributed by atoms with Crippen molar-refractivity contribution in [1.29, 1.82) is 0 Å². The lowest BCUT2D eigenvalue weighted by molar-refractivity contribution is -0.137. The van der Waals surface area contributed by atoms with Gasteiger partial charge in [-0.2, -0.15) is 13.2 Å². The maximum absolute atomic E-state index is 14.1. The van der Waals surface area contributed by atoms with Gasteiger partial charge in [0.25, 0.3) is 5.91 Å². The third-order valence-electron chi connectivity index (χ3n) is 10.2. The molecule has 2 aliphatic carbocycles. The highest BCUT2D eigenvalue weighted by Gasteiger charge is 2.70. The van der Waals surface area contributed by atoms with Crippen LogP contribution in [0.5, 0.6) is 5.75 Å². The molecule has 8 nitrogen and oxygen atoms in total. The zero-order chi connectivity index (χ0) is 34.4. The summed E-state index contributed by atoms with van der Waals surface area (Å²) < 4.78 is 45.6. The fraction of sp³-hybridized carbons (Fsp3) is 0.314. The van der Waals surface area contributed by atoms with E-state index in [4.69, 9.17) is 16.3 Å². The molecule has 4 aromatic rings. The lowest BCUT2D eigenvalue weighted by Gasteiger charge is -2.43. The van der Waals surface area contributed by atoms with E-state index in [0.29, 0.717) is 33.5 Å². The molecule has 4 unspecified atom stereocenters. The van der Waals surface area contributed by atoms with E-state index in [1.54, 1.807) is 42.1 Å². The Labute approximate surface area is 291 Å². The van der Waals surface area contributed by atoms with E-state index in [0.717, 1.165) is 33.9 Å². The number of amides is 3. The van der Waals surface area contributed by atoms with E-state index < -0.39 is 42.0 Å². The summed E-state index contributed by atoms with van der Waals surface area (Å²) >= 11 is 9.16. The van der Waals surface area contributed by atoms with Crippen LogP contribution in [0.2, 0.25) is 5.02 Å². The number of nitrogens with zero attached hydrogens (tertiary/aromatic N) is 1. The van der Waals surface area contributed by atoms with Crippen LogP contribution in [0.15, 0.2) is 76.6 Å². The van der Waals surface area contributed by atoms with Crippen LogP contribution in [-0.4, -0.2) is 34.6 Å². The van der Waals surface area contributed by atoms with Crippen LogP contribution >= 0.6 is 34.7 Å². The summed E-state index contributed by atoms with van der Waals surface area (Å²) in [7, 11) is 0. The first-order valence-electron chi connectivity index (χ1n) is 15.6. The molecule has 8 rings (SSSR count). The zero-order valence-electron chi connectivity index (χ0n) is 25.6. The number of hydrogen-bond donors (Lipinski definition) is 2. The number of H-pyrrole nitrogens is 1. The normalized spacial score (nSPS) is 26.8. The molecule has 3 fully saturated rings. The lowest BCUT2D eigenvalue weighted by Crippen LogP contribution is -2.42. The molecular weight excluding hydrogens is 699 g/mol. The number of anilines is 2. The molecule has 3 amide bonds. The highest BCUT2D eigenvalue weighted by molar-refractivity contribution is 8.00. The summed E-state index contributed by atoms with van der Waals surface area (Å²) in [6.45, 7) is 1.43. The number of benzene rings is 3. The number of aromatic amines is 1. The minimum atomic E-state index is -4.57. The van der Waals surface area contributed by atoms with Crippen molar-refractivity contribution in [3.8, 4) is 5.75 Å². The number of carbonyl (C=O) groups excluding carboxylic acids is 3. The molecule has 3 heterocycles. The number of aromatic nitrogens is 1. The Kier molecular flexibility index (Phi) is 7.72. The van der Waals surface area contributed by atoms with Crippen LogP contribution in [-0.2, 0) is 20.6 Å². The summed E-state index contributed by atoms with van der Waals surface area (Å²) in [5, 5.41) is 3.47. The Morgan fingerprint density at radius 1 is 1.02 bits per heavy atom. The Hall–Kier alpha value is -4.07. The van der Waals surface area contributed by atoms with Gasteiger partial charge in [-0.05, 0) is 79.6 Å². The molecule has 14 heteroatoms. The topological polar surface area (TPSA) is 109 Å². The molecule has 0 radical (unpaired) electrons. The third-order valence-corrected chi connectivity index (χ3v) is 13.0. The molecule has 252 valence electrons. The maximum Gasteiger partial charge on any atom is 0.416 e. The van der Waals surface area contributed by atoms with Crippen molar-refractivity contribution in [1.82, 2.24) is 4.98 Å². The van der Waals surface area contributed by atoms with E-state index >= 15 is 0 Å². The number of aryl methyl sites for hydroxylation is 1. The van der Waals surface area contributed by atoms with Crippen molar-refractivity contribution in [3.63, 3.8) is 0 Å². The third kappa shape index (κ3) is 5.37. The number of carbonyl (C=O) groups is 3. The summed E-state index contributed by atoms with van der Waals surface area (Å²) in [6.07, 6.45) is -3.88. The lowest BCUT2D eigenvalue weighted by atomic mass is 9.68. The number of ether oxygens (including phenoxy) is 1. The first-order valence-corrected chi connectivity index (χ1v) is 17.7. The molecule has 1 saturated heterocycles. The van der Waals surface area contributed by atoms with E-state index in [1.165, 1.54) is 17.0 Å². The van der Waals surface area contributed by atoms with Gasteiger partial charge in [-0.25, -0.2) is 0 Å². The fourth-order valence-corrected chi connectivity index (χ4v) is 11.4. The second kappa shape index (κ2) is 11.8. The number of rotatable bonds is 6. The predicted molar refractivity (Wildman–Crippen MR) is 179 cm³/mol. The molecule has 2 aliphatic heterocycles. The second-order valence-corrected chi connectivity index (χ2v) is 15.5. The van der Waals surface area contributed by atoms with Gasteiger partial charge in [0.1, 0.15) is 5.75 Å². The minimum absolute atomic E-state index is 0.0272. The summed E-state index contributed by atoms with van der Waals surface area (Å²) in [6, 6.07) is 16.6. The molecule has 3 aromatic carbocycles. The smallest absolute Gasteiger partial charge is 0.416 e. The second-order valence-electron chi connectivity index (χ2n) is 12.9. The predicted octanol–water partition coefficient (Wildman–Crippen LogP) is 7.11. The van der Waals surface area contributed by atoms with Crippen LogP contribution in [0.4, 0.5) is 24.5 Å². The molecule has 1 aromatic heterocycles. The quantitative estimate of drug-likeness (QED) is 0.205. The maximum atomic E-state index is 14.1. The van der Waals surface area contributed by atoms with Gasteiger partial charge in [-0.15, -0.1) is 11.8 Å². The van der Waals surface area contributed by atoms with Crippen LogP contribution in [0.1, 0.15) is 33.9 Å². The van der Waals surface area contributed by atoms with Crippen molar-refractivity contribution < 1.29 is 32.3 Å². The summed E-state index contributed by atoms with van der Waals surface area (Å²) in [5.74, 6) is -2.57. The average molecular weight is 726 g/mol. The van der Waals surface area contributed by atoms with Gasteiger partial charge < -0.3 is 15.0 Å². The number of hydrogen-bond acceptors (Lipinski definition) is 7. The van der Waals surface area contributed by atoms with E-state index in [2.05, 4.69) is 10.3 Å². The van der Waals surface area contributed by atoms with Gasteiger partial charge in [0.15, 0.2) is 6.61 Å². The van der Waals surface area contributed by atoms with E-state index in [9.17, 15) is 32.3 Å². The largest absolute Gasteiger partial charge is 0.483 e. The molecule has 2 N–H and O–H groups in total. The van der Waals surface area contributed by atoms with Crippen molar-refractivity contribution in [2.24, 2.45) is 29.6 Å². The molecule has 0 spiro atoms. The number of halogens is 4.